The van der Waals surface area contributed by atoms with Crippen LogP contribution in [0, 0.1) is 11.3 Å². The van der Waals surface area contributed by atoms with Crippen LogP contribution in [0.2, 0.25) is 0 Å². The van der Waals surface area contributed by atoms with Crippen molar-refractivity contribution in [2.45, 2.75) is 26.0 Å². The summed E-state index contributed by atoms with van der Waals surface area (Å²) in [6, 6.07) is 7.17. The molecule has 0 radical (unpaired) electrons. The van der Waals surface area contributed by atoms with Crippen molar-refractivity contribution in [1.82, 2.24) is 0 Å². The van der Waals surface area contributed by atoms with Gasteiger partial charge in [-0.1, -0.05) is 6.07 Å². The van der Waals surface area contributed by atoms with Crippen molar-refractivity contribution in [3.8, 4) is 6.07 Å². The van der Waals surface area contributed by atoms with Gasteiger partial charge in [-0.15, -0.1) is 0 Å². The molecule has 17 heavy (non-hydrogen) atoms. The van der Waals surface area contributed by atoms with E-state index in [0.717, 1.165) is 11.3 Å². The SMILES string of the molecule is CC(CO)N(C)c1cc(C#N)ccc1[C@@H](C)O. The summed E-state index contributed by atoms with van der Waals surface area (Å²) in [5.41, 5.74) is 2.08. The molecule has 1 rings (SSSR count). The van der Waals surface area contributed by atoms with Crippen LogP contribution in [0.4, 0.5) is 5.69 Å². The van der Waals surface area contributed by atoms with Crippen LogP contribution in [0.25, 0.3) is 0 Å². The summed E-state index contributed by atoms with van der Waals surface area (Å²) in [5, 5.41) is 27.7. The van der Waals surface area contributed by atoms with Gasteiger partial charge in [0.15, 0.2) is 0 Å². The molecule has 0 bridgehead atoms. The summed E-state index contributed by atoms with van der Waals surface area (Å²) in [6.45, 7) is 3.58. The van der Waals surface area contributed by atoms with E-state index in [1.165, 1.54) is 0 Å². The number of hydrogen-bond donors (Lipinski definition) is 2. The highest BCUT2D eigenvalue weighted by molar-refractivity contribution is 5.58. The molecule has 0 heterocycles. The van der Waals surface area contributed by atoms with Crippen LogP contribution in [0.5, 0.6) is 0 Å². The lowest BCUT2D eigenvalue weighted by molar-refractivity contribution is 0.199. The number of benzene rings is 1. The molecular weight excluding hydrogens is 216 g/mol. The lowest BCUT2D eigenvalue weighted by atomic mass is 10.0. The van der Waals surface area contributed by atoms with Crippen molar-refractivity contribution < 1.29 is 10.2 Å². The molecule has 1 aromatic rings. The Labute approximate surface area is 102 Å². The average Bonchev–Trinajstić information content (AvgIpc) is 2.35. The summed E-state index contributed by atoms with van der Waals surface area (Å²) in [7, 11) is 1.84. The van der Waals surface area contributed by atoms with Gasteiger partial charge in [-0.2, -0.15) is 5.26 Å². The molecule has 0 saturated carbocycles. The van der Waals surface area contributed by atoms with Crippen LogP contribution in [0.15, 0.2) is 18.2 Å². The van der Waals surface area contributed by atoms with E-state index >= 15 is 0 Å². The molecule has 0 spiro atoms. The van der Waals surface area contributed by atoms with Gasteiger partial charge in [-0.3, -0.25) is 0 Å². The largest absolute Gasteiger partial charge is 0.394 e. The standard InChI is InChI=1S/C13H18N2O2/c1-9(8-16)15(3)13-6-11(7-14)4-5-12(13)10(2)17/h4-6,9-10,16-17H,8H2,1-3H3/t9?,10-/m1/s1. The number of likely N-dealkylation sites (N-methyl/N-ethyl adjacent to an activating group) is 1. The maximum absolute atomic E-state index is 9.70. The number of hydrogen-bond acceptors (Lipinski definition) is 4. The summed E-state index contributed by atoms with van der Waals surface area (Å²) >= 11 is 0. The predicted octanol–water partition coefficient (Wildman–Crippen LogP) is 1.43. The van der Waals surface area contributed by atoms with Gasteiger partial charge in [0.2, 0.25) is 0 Å². The number of nitriles is 1. The van der Waals surface area contributed by atoms with Gasteiger partial charge in [0.05, 0.1) is 24.3 Å². The fourth-order valence-electron chi connectivity index (χ4n) is 1.63. The molecule has 1 aromatic carbocycles. The second-order valence-corrected chi connectivity index (χ2v) is 4.20. The Hall–Kier alpha value is -1.57. The smallest absolute Gasteiger partial charge is 0.0992 e. The number of nitrogens with zero attached hydrogens (tertiary/aromatic N) is 2. The Morgan fingerprint density at radius 1 is 1.41 bits per heavy atom. The molecule has 0 aliphatic rings. The monoisotopic (exact) mass is 234 g/mol. The van der Waals surface area contributed by atoms with Crippen LogP contribution in [-0.2, 0) is 0 Å². The molecule has 2 N–H and O–H groups in total. The number of aliphatic hydroxyl groups excluding tert-OH is 2. The Morgan fingerprint density at radius 3 is 2.53 bits per heavy atom. The van der Waals surface area contributed by atoms with E-state index in [0.29, 0.717) is 5.56 Å². The minimum atomic E-state index is -0.605. The van der Waals surface area contributed by atoms with Crippen molar-refractivity contribution in [3.63, 3.8) is 0 Å². The topological polar surface area (TPSA) is 67.5 Å². The maximum atomic E-state index is 9.70. The van der Waals surface area contributed by atoms with Gasteiger partial charge in [0.25, 0.3) is 0 Å². The minimum Gasteiger partial charge on any atom is -0.394 e. The molecule has 92 valence electrons. The first-order chi connectivity index (χ1) is 8.01. The highest BCUT2D eigenvalue weighted by Gasteiger charge is 2.16. The Kier molecular flexibility index (Phi) is 4.50. The summed E-state index contributed by atoms with van der Waals surface area (Å²) in [5.74, 6) is 0. The zero-order valence-corrected chi connectivity index (χ0v) is 10.4. The van der Waals surface area contributed by atoms with E-state index in [1.54, 1.807) is 25.1 Å². The van der Waals surface area contributed by atoms with E-state index in [-0.39, 0.29) is 12.6 Å². The highest BCUT2D eigenvalue weighted by Crippen LogP contribution is 2.28. The molecule has 1 unspecified atom stereocenters. The van der Waals surface area contributed by atoms with E-state index in [2.05, 4.69) is 6.07 Å². The van der Waals surface area contributed by atoms with Crippen LogP contribution < -0.4 is 4.90 Å². The van der Waals surface area contributed by atoms with Gasteiger partial charge >= 0.3 is 0 Å². The molecule has 0 amide bonds. The maximum Gasteiger partial charge on any atom is 0.0992 e. The first-order valence-corrected chi connectivity index (χ1v) is 5.57. The molecule has 0 aliphatic heterocycles. The zero-order chi connectivity index (χ0) is 13.0. The Morgan fingerprint density at radius 2 is 2.06 bits per heavy atom. The zero-order valence-electron chi connectivity index (χ0n) is 10.4. The molecular formula is C13H18N2O2. The van der Waals surface area contributed by atoms with Gasteiger partial charge in [0.1, 0.15) is 0 Å². The Balaban J connectivity index is 3.22. The van der Waals surface area contributed by atoms with Crippen LogP contribution in [-0.4, -0.2) is 29.9 Å². The van der Waals surface area contributed by atoms with E-state index in [4.69, 9.17) is 10.4 Å². The van der Waals surface area contributed by atoms with Crippen molar-refractivity contribution in [1.29, 1.82) is 5.26 Å². The summed E-state index contributed by atoms with van der Waals surface area (Å²) in [4.78, 5) is 1.86. The third-order valence-corrected chi connectivity index (χ3v) is 2.91. The van der Waals surface area contributed by atoms with Crippen LogP contribution in [0.3, 0.4) is 0 Å². The van der Waals surface area contributed by atoms with Gasteiger partial charge in [-0.25, -0.2) is 0 Å². The molecule has 4 heteroatoms. The molecule has 0 aromatic heterocycles. The first-order valence-electron chi connectivity index (χ1n) is 5.57. The van der Waals surface area contributed by atoms with Gasteiger partial charge in [0, 0.05) is 24.3 Å². The quantitative estimate of drug-likeness (QED) is 0.827. The molecule has 4 nitrogen and oxygen atoms in total. The second kappa shape index (κ2) is 5.67. The second-order valence-electron chi connectivity index (χ2n) is 4.20. The third kappa shape index (κ3) is 2.96. The number of rotatable bonds is 4. The molecule has 2 atom stereocenters. The van der Waals surface area contributed by atoms with Crippen molar-refractivity contribution in [2.24, 2.45) is 0 Å². The van der Waals surface area contributed by atoms with E-state index in [9.17, 15) is 5.11 Å². The molecule has 0 fully saturated rings. The van der Waals surface area contributed by atoms with Crippen molar-refractivity contribution in [2.75, 3.05) is 18.6 Å². The van der Waals surface area contributed by atoms with E-state index < -0.39 is 6.10 Å². The Bertz CT molecular complexity index is 424. The first kappa shape index (κ1) is 13.5. The fraction of sp³-hybridized carbons (Fsp3) is 0.462. The normalized spacial score (nSPS) is 13.9. The third-order valence-electron chi connectivity index (χ3n) is 2.91. The van der Waals surface area contributed by atoms with Gasteiger partial charge in [-0.05, 0) is 26.0 Å². The van der Waals surface area contributed by atoms with Gasteiger partial charge < -0.3 is 15.1 Å². The average molecular weight is 234 g/mol. The molecule has 0 aliphatic carbocycles. The van der Waals surface area contributed by atoms with Crippen LogP contribution in [0.1, 0.15) is 31.1 Å². The number of anilines is 1. The number of aliphatic hydroxyl groups is 2. The molecule has 0 saturated heterocycles. The van der Waals surface area contributed by atoms with Crippen molar-refractivity contribution in [3.05, 3.63) is 29.3 Å². The lowest BCUT2D eigenvalue weighted by Crippen LogP contribution is -2.32. The summed E-state index contributed by atoms with van der Waals surface area (Å²) < 4.78 is 0. The highest BCUT2D eigenvalue weighted by atomic mass is 16.3. The van der Waals surface area contributed by atoms with Crippen LogP contribution >= 0.6 is 0 Å². The summed E-state index contributed by atoms with van der Waals surface area (Å²) in [6.07, 6.45) is -0.605. The lowest BCUT2D eigenvalue weighted by Gasteiger charge is -2.28. The van der Waals surface area contributed by atoms with E-state index in [1.807, 2.05) is 18.9 Å². The van der Waals surface area contributed by atoms with Crippen molar-refractivity contribution >= 4 is 5.69 Å². The predicted molar refractivity (Wildman–Crippen MR) is 66.7 cm³/mol. The fourth-order valence-corrected chi connectivity index (χ4v) is 1.63. The minimum absolute atomic E-state index is 0.0204.